The van der Waals surface area contributed by atoms with Crippen LogP contribution in [0.15, 0.2) is 409 Å². The number of alkyl halides is 1. The van der Waals surface area contributed by atoms with Gasteiger partial charge in [-0.3, -0.25) is 9.18 Å². The summed E-state index contributed by atoms with van der Waals surface area (Å²) in [5.41, 5.74) is 21.4. The summed E-state index contributed by atoms with van der Waals surface area (Å²) in [7, 11) is -1.00. The van der Waals surface area contributed by atoms with Gasteiger partial charge in [0, 0.05) is 88.1 Å². The molecule has 0 N–H and O–H groups in total. The fourth-order valence-corrected chi connectivity index (χ4v) is 16.6. The minimum atomic E-state index is -1.00. The Kier molecular flexibility index (Phi) is 27.6. The Morgan fingerprint density at radius 3 is 1.03 bits per heavy atom. The molecule has 16 aromatic carbocycles. The van der Waals surface area contributed by atoms with E-state index in [1.807, 2.05) is 267 Å². The van der Waals surface area contributed by atoms with Crippen molar-refractivity contribution < 1.29 is 173 Å². The van der Waals surface area contributed by atoms with Crippen LogP contribution in [-0.4, -0.2) is 78.0 Å². The molecule has 0 amide bonds. The maximum Gasteiger partial charge on any atom is 1.00 e. The predicted octanol–water partition coefficient (Wildman–Crippen LogP) is 19.6. The summed E-state index contributed by atoms with van der Waals surface area (Å²) in [6, 6.07) is 132. The molecule has 22 heteroatoms. The Balaban J connectivity index is 0.000000149. The Morgan fingerprint density at radius 1 is 0.316 bits per heavy atom. The van der Waals surface area contributed by atoms with Gasteiger partial charge < -0.3 is 25.0 Å². The molecule has 0 saturated carbocycles. The van der Waals surface area contributed by atoms with Crippen molar-refractivity contribution in [2.24, 2.45) is 0 Å². The Bertz CT molecular complexity index is 7930. The molecule has 23 aromatic rings. The SMILES string of the molecule is Fc1ccc(-c2nc(-c3ccccc3)nc(-c3ccccc3)n2)cc1-c1nc(-c2ccccc2)nc(-c2ccccc2)n1.O=CO[O-].[2H]CF.[Cs+].[Cs+].[H-].c1ccc(-c2nc(-c3ccccc3)nc(-c3ccc(-n4c5ccccc5c5ccc6oc7ccccc7c6c54)c(-c4nc(-c5ccccc5)nc(-c5ccccc5)n4)c3)n2)cc1.c1ccc2c(c1)Cc1c-2ccc2oc3ccccc3c12. The molecule has 133 heavy (non-hydrogen) atoms. The first kappa shape index (κ1) is 88.6. The molecule has 0 unspecified atom stereocenters. The maximum absolute atomic E-state index is 15.6. The number of benzene rings is 16. The summed E-state index contributed by atoms with van der Waals surface area (Å²) in [6.07, 6.45) is 1.01. The van der Waals surface area contributed by atoms with Gasteiger partial charge in [-0.2, -0.15) is 0 Å². The summed E-state index contributed by atoms with van der Waals surface area (Å²) < 4.78 is 45.9. The van der Waals surface area contributed by atoms with Crippen LogP contribution in [0.1, 0.15) is 13.9 Å². The Labute approximate surface area is 882 Å². The number of hydrogen-bond donors (Lipinski definition) is 0. The fraction of sp³-hybridized carbons (Fsp3) is 0.0180. The second-order valence-electron chi connectivity index (χ2n) is 30.5. The second kappa shape index (κ2) is 41.4. The van der Waals surface area contributed by atoms with Gasteiger partial charge in [0.1, 0.15) is 28.1 Å². The van der Waals surface area contributed by atoms with Gasteiger partial charge in [0.25, 0.3) is 6.47 Å². The molecule has 0 atom stereocenters. The number of rotatable bonds is 14. The average molecular weight is 1970 g/mol. The summed E-state index contributed by atoms with van der Waals surface area (Å²) >= 11 is 0. The van der Waals surface area contributed by atoms with Crippen molar-refractivity contribution in [1.82, 2.24) is 64.4 Å². The first-order chi connectivity index (χ1) is 65.2. The first-order valence-electron chi connectivity index (χ1n) is 42.8. The van der Waals surface area contributed by atoms with Crippen LogP contribution in [-0.2, 0) is 16.1 Å². The molecule has 1 aliphatic carbocycles. The van der Waals surface area contributed by atoms with E-state index in [9.17, 15) is 4.39 Å². The maximum atomic E-state index is 15.6. The van der Waals surface area contributed by atoms with Crippen molar-refractivity contribution in [2.45, 2.75) is 6.42 Å². The molecule has 0 fully saturated rings. The van der Waals surface area contributed by atoms with Gasteiger partial charge in [0.15, 0.2) is 69.9 Å². The quantitative estimate of drug-likeness (QED) is 0.0559. The third-order valence-electron chi connectivity index (χ3n) is 22.5. The molecule has 0 aliphatic heterocycles. The number of aromatic nitrogens is 13. The van der Waals surface area contributed by atoms with Crippen LogP contribution in [0.2, 0.25) is 0 Å². The van der Waals surface area contributed by atoms with Crippen molar-refractivity contribution in [3.05, 3.63) is 417 Å². The van der Waals surface area contributed by atoms with Crippen molar-refractivity contribution >= 4 is 72.2 Å². The van der Waals surface area contributed by atoms with Crippen LogP contribution >= 0.6 is 0 Å². The van der Waals surface area contributed by atoms with Crippen LogP contribution in [0.25, 0.3) is 219 Å². The normalized spacial score (nSPS) is 11.1. The van der Waals surface area contributed by atoms with Crippen LogP contribution in [0.5, 0.6) is 0 Å². The van der Waals surface area contributed by atoms with Crippen LogP contribution in [0.3, 0.4) is 0 Å². The monoisotopic (exact) mass is 1970 g/mol. The predicted molar refractivity (Wildman–Crippen MR) is 510 cm³/mol. The molecule has 0 saturated heterocycles. The molecule has 628 valence electrons. The molecule has 7 heterocycles. The van der Waals surface area contributed by atoms with E-state index in [2.05, 4.69) is 125 Å². The minimum absolute atomic E-state index is 0. The van der Waals surface area contributed by atoms with Crippen molar-refractivity contribution in [3.8, 4) is 153 Å². The van der Waals surface area contributed by atoms with E-state index in [4.69, 9.17) is 80.1 Å². The number of carbonyl (C=O) groups is 1. The van der Waals surface area contributed by atoms with Crippen LogP contribution in [0.4, 0.5) is 8.78 Å². The molecular formula is C111H73Cs2F2N13O5. The number of furan rings is 2. The van der Waals surface area contributed by atoms with E-state index in [0.29, 0.717) is 69.6 Å². The zero-order valence-electron chi connectivity index (χ0n) is 73.7. The van der Waals surface area contributed by atoms with Gasteiger partial charge in [-0.1, -0.05) is 328 Å². The Morgan fingerprint density at radius 2 is 0.624 bits per heavy atom. The number of para-hydroxylation sites is 3. The van der Waals surface area contributed by atoms with Gasteiger partial charge in [-0.15, -0.1) is 0 Å². The molecule has 7 aromatic heterocycles. The van der Waals surface area contributed by atoms with E-state index in [1.165, 1.54) is 39.1 Å². The molecule has 24 rings (SSSR count). The van der Waals surface area contributed by atoms with E-state index >= 15 is 4.39 Å². The Hall–Kier alpha value is -13.6. The van der Waals surface area contributed by atoms with E-state index in [-0.39, 0.29) is 157 Å². The topological polar surface area (TPSA) is 235 Å². The van der Waals surface area contributed by atoms with E-state index in [1.54, 1.807) is 12.1 Å². The molecule has 18 nitrogen and oxygen atoms in total. The number of carbonyl (C=O) groups excluding carboxylic acids is 1. The average Bonchev–Trinajstić information content (AvgIpc) is 1.56. The van der Waals surface area contributed by atoms with Gasteiger partial charge in [-0.25, -0.2) is 64.2 Å². The standard InChI is InChI=1S/C54H33N7O.C36H23FN6.C19H12O.CH3F.CH2O3.2Cs.H/c1-5-17-34(18-6-1)49-55-50(35-19-7-2-8-20-35)58-53(57-49)38-29-31-44(42(33-38)54-59-51(36-21-9-3-10-22-36)56-52(60-54)37-23-11-4-12-24-37)61-43-27-15-13-25-39(43)40-30-32-46-47(48(40)61)41-26-14-16-28-45(41)62-46;37-30-22-21-28(35-40-31(24-13-5-1-6-14-24)38-32(41-35)25-15-7-2-8-16-25)23-29(30)36-42-33(26-17-9-3-10-18-26)39-34(43-36)27-19-11-4-12-20-27;1-2-6-13-12(5-1)11-16-14(13)9-10-18-19(16)15-7-3-4-8-17(15)20-18;1-2;2-1-4-3;;;/h1-33H;1-23H;1-10H,11H2;1H3;1,3H;;;/q;;;;;2*+1;-1/p-1/i;;;1D;;;;. The van der Waals surface area contributed by atoms with Gasteiger partial charge in [0.05, 0.1) is 36.2 Å². The van der Waals surface area contributed by atoms with Gasteiger partial charge in [0.2, 0.25) is 0 Å². The largest absolute Gasteiger partial charge is 1.00 e. The smallest absolute Gasteiger partial charge is 1.00 e. The molecule has 0 bridgehead atoms. The van der Waals surface area contributed by atoms with Crippen molar-refractivity contribution in [3.63, 3.8) is 0 Å². The number of halogens is 2. The minimum Gasteiger partial charge on any atom is -1.00 e. The van der Waals surface area contributed by atoms with E-state index < -0.39 is 13.0 Å². The number of hydrogen-bond acceptors (Lipinski definition) is 17. The second-order valence-corrected chi connectivity index (χ2v) is 30.5. The summed E-state index contributed by atoms with van der Waals surface area (Å²) in [5, 5.41) is 15.2. The number of nitrogens with zero attached hydrogens (tertiary/aromatic N) is 13. The molecule has 0 spiro atoms. The zero-order valence-corrected chi connectivity index (χ0v) is 84.3. The summed E-state index contributed by atoms with van der Waals surface area (Å²) in [4.78, 5) is 70.6. The number of fused-ring (bicyclic) bond motifs is 14. The molecule has 1 aliphatic rings. The van der Waals surface area contributed by atoms with E-state index in [0.717, 1.165) is 123 Å². The zero-order chi connectivity index (χ0) is 89.2. The van der Waals surface area contributed by atoms with Gasteiger partial charge in [-0.05, 0) is 101 Å². The fourth-order valence-electron chi connectivity index (χ4n) is 16.6. The van der Waals surface area contributed by atoms with Gasteiger partial charge >= 0.3 is 138 Å². The van der Waals surface area contributed by atoms with Crippen molar-refractivity contribution in [2.75, 3.05) is 7.15 Å². The molecular weight excluding hydrogens is 1900 g/mol. The first-order valence-corrected chi connectivity index (χ1v) is 42.0. The summed E-state index contributed by atoms with van der Waals surface area (Å²) in [6.45, 7) is -0.181. The third-order valence-corrected chi connectivity index (χ3v) is 22.5. The molecule has 0 radical (unpaired) electrons. The van der Waals surface area contributed by atoms with Crippen LogP contribution in [0, 0.1) is 5.82 Å². The third kappa shape index (κ3) is 18.9. The summed E-state index contributed by atoms with van der Waals surface area (Å²) in [5.74, 6) is 5.42. The van der Waals surface area contributed by atoms with Crippen LogP contribution < -0.4 is 143 Å². The van der Waals surface area contributed by atoms with Crippen molar-refractivity contribution in [1.29, 1.82) is 0 Å².